The minimum atomic E-state index is -0.338. The molecule has 1 heterocycles. The molecule has 0 spiro atoms. The number of hydrogen-bond donors (Lipinski definition) is 1. The number of nitrogens with one attached hydrogen (secondary N) is 1. The van der Waals surface area contributed by atoms with Gasteiger partial charge in [0.2, 0.25) is 0 Å². The number of anilines is 1. The number of carbonyl (C=O) groups is 1. The zero-order chi connectivity index (χ0) is 16.9. The van der Waals surface area contributed by atoms with Crippen molar-refractivity contribution in [2.75, 3.05) is 31.6 Å². The average molecular weight is 328 g/mol. The molecule has 1 aliphatic heterocycles. The van der Waals surface area contributed by atoms with E-state index in [1.165, 1.54) is 24.3 Å². The molecule has 0 aliphatic carbocycles. The van der Waals surface area contributed by atoms with Gasteiger partial charge < -0.3 is 15.0 Å². The Labute approximate surface area is 141 Å². The molecule has 1 saturated heterocycles. The standard InChI is InChI=1S/C19H21FN2O2/c1-24-18-5-3-2-4-17(18)22-11-10-14(13-22)12-21-19(23)15-6-8-16(20)9-7-15/h2-9,14H,10-13H2,1H3,(H,21,23)/t14-/m0/s1. The quantitative estimate of drug-likeness (QED) is 0.917. The molecule has 1 amide bonds. The number of para-hydroxylation sites is 2. The van der Waals surface area contributed by atoms with Gasteiger partial charge in [0.1, 0.15) is 11.6 Å². The van der Waals surface area contributed by atoms with Crippen molar-refractivity contribution in [1.82, 2.24) is 5.32 Å². The lowest BCUT2D eigenvalue weighted by molar-refractivity contribution is 0.0948. The Morgan fingerprint density at radius 3 is 2.75 bits per heavy atom. The predicted molar refractivity (Wildman–Crippen MR) is 92.0 cm³/mol. The van der Waals surface area contributed by atoms with Crippen molar-refractivity contribution in [1.29, 1.82) is 0 Å². The summed E-state index contributed by atoms with van der Waals surface area (Å²) in [4.78, 5) is 14.4. The van der Waals surface area contributed by atoms with Crippen LogP contribution in [0.4, 0.5) is 10.1 Å². The van der Waals surface area contributed by atoms with Gasteiger partial charge in [-0.2, -0.15) is 0 Å². The first-order chi connectivity index (χ1) is 11.7. The average Bonchev–Trinajstić information content (AvgIpc) is 3.09. The van der Waals surface area contributed by atoms with Gasteiger partial charge in [-0.3, -0.25) is 4.79 Å². The SMILES string of the molecule is COc1ccccc1N1CC[C@@H](CNC(=O)c2ccc(F)cc2)C1. The van der Waals surface area contributed by atoms with Crippen molar-refractivity contribution in [3.63, 3.8) is 0 Å². The fourth-order valence-electron chi connectivity index (χ4n) is 3.05. The second-order valence-corrected chi connectivity index (χ2v) is 5.99. The largest absolute Gasteiger partial charge is 0.495 e. The van der Waals surface area contributed by atoms with Gasteiger partial charge in [0.25, 0.3) is 5.91 Å². The number of benzene rings is 2. The fraction of sp³-hybridized carbons (Fsp3) is 0.316. The summed E-state index contributed by atoms with van der Waals surface area (Å²) in [5, 5.41) is 2.94. The van der Waals surface area contributed by atoms with E-state index < -0.39 is 0 Å². The molecular weight excluding hydrogens is 307 g/mol. The topological polar surface area (TPSA) is 41.6 Å². The molecule has 0 saturated carbocycles. The maximum Gasteiger partial charge on any atom is 0.251 e. The van der Waals surface area contributed by atoms with Crippen LogP contribution in [0.2, 0.25) is 0 Å². The maximum atomic E-state index is 12.9. The highest BCUT2D eigenvalue weighted by Gasteiger charge is 2.24. The summed E-state index contributed by atoms with van der Waals surface area (Å²) < 4.78 is 18.3. The summed E-state index contributed by atoms with van der Waals surface area (Å²) in [7, 11) is 1.68. The number of nitrogens with zero attached hydrogens (tertiary/aromatic N) is 1. The van der Waals surface area contributed by atoms with Gasteiger partial charge in [-0.05, 0) is 48.7 Å². The predicted octanol–water partition coefficient (Wildman–Crippen LogP) is 3.09. The monoisotopic (exact) mass is 328 g/mol. The highest BCUT2D eigenvalue weighted by Crippen LogP contribution is 2.31. The van der Waals surface area contributed by atoms with Crippen LogP contribution in [0.25, 0.3) is 0 Å². The highest BCUT2D eigenvalue weighted by atomic mass is 19.1. The van der Waals surface area contributed by atoms with Gasteiger partial charge in [-0.1, -0.05) is 12.1 Å². The maximum absolute atomic E-state index is 12.9. The van der Waals surface area contributed by atoms with Crippen LogP contribution in [0.3, 0.4) is 0 Å². The first-order valence-corrected chi connectivity index (χ1v) is 8.09. The summed E-state index contributed by atoms with van der Waals surface area (Å²) in [6.07, 6.45) is 1.02. The van der Waals surface area contributed by atoms with E-state index in [0.717, 1.165) is 30.9 Å². The summed E-state index contributed by atoms with van der Waals surface area (Å²) in [5.41, 5.74) is 1.57. The van der Waals surface area contributed by atoms with Crippen molar-refractivity contribution in [3.8, 4) is 5.75 Å². The van der Waals surface area contributed by atoms with E-state index in [2.05, 4.69) is 16.3 Å². The van der Waals surface area contributed by atoms with Crippen molar-refractivity contribution in [3.05, 3.63) is 59.9 Å². The van der Waals surface area contributed by atoms with E-state index in [-0.39, 0.29) is 11.7 Å². The molecule has 0 bridgehead atoms. The van der Waals surface area contributed by atoms with Crippen molar-refractivity contribution in [2.24, 2.45) is 5.92 Å². The summed E-state index contributed by atoms with van der Waals surface area (Å²) in [6, 6.07) is 13.6. The van der Waals surface area contributed by atoms with E-state index in [9.17, 15) is 9.18 Å². The lowest BCUT2D eigenvalue weighted by atomic mass is 10.1. The van der Waals surface area contributed by atoms with E-state index in [1.54, 1.807) is 7.11 Å². The Morgan fingerprint density at radius 2 is 2.00 bits per heavy atom. The zero-order valence-corrected chi connectivity index (χ0v) is 13.7. The molecule has 0 aromatic heterocycles. The third kappa shape index (κ3) is 3.67. The van der Waals surface area contributed by atoms with E-state index in [4.69, 9.17) is 4.74 Å². The molecule has 1 atom stereocenters. The molecule has 3 rings (SSSR count). The molecule has 1 fully saturated rings. The van der Waals surface area contributed by atoms with E-state index in [0.29, 0.717) is 18.0 Å². The van der Waals surface area contributed by atoms with Crippen molar-refractivity contribution >= 4 is 11.6 Å². The number of methoxy groups -OCH3 is 1. The summed E-state index contributed by atoms with van der Waals surface area (Å²) in [5.74, 6) is 0.758. The summed E-state index contributed by atoms with van der Waals surface area (Å²) >= 11 is 0. The molecule has 5 heteroatoms. The van der Waals surface area contributed by atoms with Crippen LogP contribution in [0, 0.1) is 11.7 Å². The first-order valence-electron chi connectivity index (χ1n) is 8.09. The number of rotatable bonds is 5. The molecular formula is C19H21FN2O2. The Hall–Kier alpha value is -2.56. The minimum Gasteiger partial charge on any atom is -0.495 e. The van der Waals surface area contributed by atoms with Crippen LogP contribution in [0.1, 0.15) is 16.8 Å². The molecule has 4 nitrogen and oxygen atoms in total. The number of hydrogen-bond acceptors (Lipinski definition) is 3. The third-order valence-electron chi connectivity index (χ3n) is 4.37. The number of ether oxygens (including phenoxy) is 1. The molecule has 0 unspecified atom stereocenters. The van der Waals surface area contributed by atoms with Crippen LogP contribution < -0.4 is 15.0 Å². The molecule has 2 aromatic rings. The lowest BCUT2D eigenvalue weighted by Gasteiger charge is -2.21. The number of carbonyl (C=O) groups excluding carboxylic acids is 1. The van der Waals surface area contributed by atoms with Gasteiger partial charge in [0.15, 0.2) is 0 Å². The number of halogens is 1. The smallest absolute Gasteiger partial charge is 0.251 e. The molecule has 1 N–H and O–H groups in total. The third-order valence-corrected chi connectivity index (χ3v) is 4.37. The normalized spacial score (nSPS) is 16.9. The van der Waals surface area contributed by atoms with Crippen LogP contribution in [-0.2, 0) is 0 Å². The lowest BCUT2D eigenvalue weighted by Crippen LogP contribution is -2.31. The fourth-order valence-corrected chi connectivity index (χ4v) is 3.05. The minimum absolute atomic E-state index is 0.161. The zero-order valence-electron chi connectivity index (χ0n) is 13.7. The van der Waals surface area contributed by atoms with Gasteiger partial charge in [0.05, 0.1) is 12.8 Å². The highest BCUT2D eigenvalue weighted by molar-refractivity contribution is 5.94. The van der Waals surface area contributed by atoms with Gasteiger partial charge in [-0.15, -0.1) is 0 Å². The Kier molecular flexibility index (Phi) is 4.99. The summed E-state index contributed by atoms with van der Waals surface area (Å²) in [6.45, 7) is 2.43. The van der Waals surface area contributed by atoms with Gasteiger partial charge in [-0.25, -0.2) is 4.39 Å². The van der Waals surface area contributed by atoms with Crippen molar-refractivity contribution < 1.29 is 13.9 Å². The van der Waals surface area contributed by atoms with Crippen LogP contribution >= 0.6 is 0 Å². The van der Waals surface area contributed by atoms with Gasteiger partial charge >= 0.3 is 0 Å². The Morgan fingerprint density at radius 1 is 1.25 bits per heavy atom. The first kappa shape index (κ1) is 16.3. The Bertz CT molecular complexity index is 703. The van der Waals surface area contributed by atoms with E-state index in [1.807, 2.05) is 18.2 Å². The Balaban J connectivity index is 1.55. The van der Waals surface area contributed by atoms with Gasteiger partial charge in [0, 0.05) is 25.2 Å². The number of amides is 1. The van der Waals surface area contributed by atoms with Crippen LogP contribution in [0.5, 0.6) is 5.75 Å². The van der Waals surface area contributed by atoms with E-state index >= 15 is 0 Å². The second kappa shape index (κ2) is 7.34. The second-order valence-electron chi connectivity index (χ2n) is 5.99. The molecule has 0 radical (unpaired) electrons. The van der Waals surface area contributed by atoms with Crippen LogP contribution in [0.15, 0.2) is 48.5 Å². The molecule has 2 aromatic carbocycles. The van der Waals surface area contributed by atoms with Crippen molar-refractivity contribution in [2.45, 2.75) is 6.42 Å². The van der Waals surface area contributed by atoms with Crippen LogP contribution in [-0.4, -0.2) is 32.7 Å². The molecule has 24 heavy (non-hydrogen) atoms. The molecule has 1 aliphatic rings. The molecule has 126 valence electrons.